The zero-order valence-corrected chi connectivity index (χ0v) is 9.51. The first-order valence-corrected chi connectivity index (χ1v) is 5.33. The second-order valence-corrected chi connectivity index (χ2v) is 3.98. The minimum atomic E-state index is 0.347. The van der Waals surface area contributed by atoms with Crippen LogP contribution in [0.3, 0.4) is 0 Å². The van der Waals surface area contributed by atoms with Gasteiger partial charge in [0.25, 0.3) is 0 Å². The fourth-order valence-corrected chi connectivity index (χ4v) is 1.72. The summed E-state index contributed by atoms with van der Waals surface area (Å²) >= 11 is 0. The lowest BCUT2D eigenvalue weighted by atomic mass is 10.1. The topological polar surface area (TPSA) is 17.8 Å². The quantitative estimate of drug-likeness (QED) is 0.696. The highest BCUT2D eigenvalue weighted by atomic mass is 15.3. The minimum absolute atomic E-state index is 0.347. The second-order valence-electron chi connectivity index (χ2n) is 3.98. The van der Waals surface area contributed by atoms with Gasteiger partial charge in [0.2, 0.25) is 0 Å². The first-order valence-electron chi connectivity index (χ1n) is 5.33. The Morgan fingerprint density at radius 1 is 1.31 bits per heavy atom. The van der Waals surface area contributed by atoms with Crippen LogP contribution in [0.15, 0.2) is 36.5 Å². The molecule has 16 heavy (non-hydrogen) atoms. The van der Waals surface area contributed by atoms with Crippen LogP contribution in [0.2, 0.25) is 0 Å². The lowest BCUT2D eigenvalue weighted by Crippen LogP contribution is -2.04. The summed E-state index contributed by atoms with van der Waals surface area (Å²) in [6.45, 7) is 4.23. The summed E-state index contributed by atoms with van der Waals surface area (Å²) in [5.41, 5.74) is 3.11. The average Bonchev–Trinajstić information content (AvgIpc) is 2.78. The maximum absolute atomic E-state index is 5.40. The molecule has 0 aliphatic carbocycles. The molecule has 0 amide bonds. The van der Waals surface area contributed by atoms with Crippen molar-refractivity contribution in [1.82, 2.24) is 9.78 Å². The van der Waals surface area contributed by atoms with E-state index in [1.54, 1.807) is 0 Å². The van der Waals surface area contributed by atoms with Crippen LogP contribution in [-0.4, -0.2) is 9.78 Å². The Balaban J connectivity index is 2.51. The van der Waals surface area contributed by atoms with E-state index in [9.17, 15) is 0 Å². The van der Waals surface area contributed by atoms with Gasteiger partial charge in [-0.25, -0.2) is 0 Å². The van der Waals surface area contributed by atoms with Crippen LogP contribution in [0.4, 0.5) is 0 Å². The molecule has 0 bridgehead atoms. The average molecular weight is 210 g/mol. The van der Waals surface area contributed by atoms with Crippen molar-refractivity contribution in [3.63, 3.8) is 0 Å². The van der Waals surface area contributed by atoms with E-state index in [4.69, 9.17) is 6.42 Å². The molecular weight excluding hydrogens is 196 g/mol. The second kappa shape index (κ2) is 4.24. The Morgan fingerprint density at radius 2 is 2.12 bits per heavy atom. The molecule has 1 heterocycles. The summed E-state index contributed by atoms with van der Waals surface area (Å²) in [6, 6.07) is 10.3. The summed E-state index contributed by atoms with van der Waals surface area (Å²) in [4.78, 5) is 0. The Bertz CT molecular complexity index is 530. The fraction of sp³-hybridized carbons (Fsp3) is 0.214. The van der Waals surface area contributed by atoms with Crippen molar-refractivity contribution in [2.75, 3.05) is 0 Å². The van der Waals surface area contributed by atoms with Crippen molar-refractivity contribution in [2.24, 2.45) is 0 Å². The maximum Gasteiger partial charge on any atom is 0.0685 e. The Morgan fingerprint density at radius 3 is 2.81 bits per heavy atom. The lowest BCUT2D eigenvalue weighted by molar-refractivity contribution is 0.538. The van der Waals surface area contributed by atoms with Gasteiger partial charge in [-0.15, -0.1) is 6.42 Å². The summed E-state index contributed by atoms with van der Waals surface area (Å²) in [5.74, 6) is 2.65. The summed E-state index contributed by atoms with van der Waals surface area (Å²) < 4.78 is 2.00. The Labute approximate surface area is 95.9 Å². The van der Waals surface area contributed by atoms with Gasteiger partial charge in [-0.3, -0.25) is 4.68 Å². The molecule has 0 saturated carbocycles. The molecule has 0 atom stereocenters. The van der Waals surface area contributed by atoms with E-state index in [0.717, 1.165) is 16.8 Å². The van der Waals surface area contributed by atoms with Gasteiger partial charge in [0.1, 0.15) is 0 Å². The summed E-state index contributed by atoms with van der Waals surface area (Å²) in [6.07, 6.45) is 7.21. The van der Waals surface area contributed by atoms with Crippen LogP contribution >= 0.6 is 0 Å². The molecule has 2 rings (SSSR count). The molecule has 1 aromatic carbocycles. The molecule has 1 aromatic heterocycles. The molecule has 0 saturated heterocycles. The molecule has 2 aromatic rings. The van der Waals surface area contributed by atoms with Crippen molar-refractivity contribution in [3.05, 3.63) is 42.1 Å². The van der Waals surface area contributed by atoms with Crippen molar-refractivity contribution in [2.45, 2.75) is 19.9 Å². The number of benzene rings is 1. The maximum atomic E-state index is 5.40. The number of hydrogen-bond donors (Lipinski definition) is 0. The normalized spacial score (nSPS) is 10.4. The molecule has 0 spiro atoms. The van der Waals surface area contributed by atoms with Gasteiger partial charge in [-0.1, -0.05) is 18.1 Å². The standard InChI is InChI=1S/C14H14N2/c1-4-12-6-5-7-13(10-12)14-8-9-15-16(14)11(2)3/h1,5-11H,2-3H3. The van der Waals surface area contributed by atoms with E-state index in [1.807, 2.05) is 35.1 Å². The van der Waals surface area contributed by atoms with E-state index in [2.05, 4.69) is 30.9 Å². The van der Waals surface area contributed by atoms with Gasteiger partial charge >= 0.3 is 0 Å². The summed E-state index contributed by atoms with van der Waals surface area (Å²) in [7, 11) is 0. The van der Waals surface area contributed by atoms with Gasteiger partial charge in [-0.05, 0) is 32.0 Å². The van der Waals surface area contributed by atoms with Crippen molar-refractivity contribution in [3.8, 4) is 23.6 Å². The zero-order chi connectivity index (χ0) is 11.5. The largest absolute Gasteiger partial charge is 0.262 e. The van der Waals surface area contributed by atoms with Gasteiger partial charge in [0.15, 0.2) is 0 Å². The number of hydrogen-bond acceptors (Lipinski definition) is 1. The smallest absolute Gasteiger partial charge is 0.0685 e. The van der Waals surface area contributed by atoms with E-state index in [-0.39, 0.29) is 0 Å². The van der Waals surface area contributed by atoms with Crippen LogP contribution in [0.1, 0.15) is 25.5 Å². The van der Waals surface area contributed by atoms with E-state index >= 15 is 0 Å². The van der Waals surface area contributed by atoms with Crippen LogP contribution < -0.4 is 0 Å². The van der Waals surface area contributed by atoms with Crippen molar-refractivity contribution < 1.29 is 0 Å². The molecule has 0 N–H and O–H groups in total. The van der Waals surface area contributed by atoms with Crippen LogP contribution in [-0.2, 0) is 0 Å². The Hall–Kier alpha value is -2.01. The van der Waals surface area contributed by atoms with Gasteiger partial charge in [0.05, 0.1) is 5.69 Å². The van der Waals surface area contributed by atoms with E-state index in [0.29, 0.717) is 6.04 Å². The first-order chi connectivity index (χ1) is 7.72. The monoisotopic (exact) mass is 210 g/mol. The predicted molar refractivity (Wildman–Crippen MR) is 66.0 cm³/mol. The third-order valence-corrected chi connectivity index (χ3v) is 2.48. The lowest BCUT2D eigenvalue weighted by Gasteiger charge is -2.11. The van der Waals surface area contributed by atoms with Gasteiger partial charge in [0, 0.05) is 23.4 Å². The highest BCUT2D eigenvalue weighted by molar-refractivity contribution is 5.61. The Kier molecular flexibility index (Phi) is 2.78. The molecule has 0 radical (unpaired) electrons. The van der Waals surface area contributed by atoms with E-state index < -0.39 is 0 Å². The zero-order valence-electron chi connectivity index (χ0n) is 9.51. The molecule has 2 heteroatoms. The third-order valence-electron chi connectivity index (χ3n) is 2.48. The van der Waals surface area contributed by atoms with Crippen LogP contribution in [0.5, 0.6) is 0 Å². The molecule has 0 fully saturated rings. The molecular formula is C14H14N2. The van der Waals surface area contributed by atoms with Crippen molar-refractivity contribution >= 4 is 0 Å². The molecule has 0 aliphatic heterocycles. The number of terminal acetylenes is 1. The summed E-state index contributed by atoms with van der Waals surface area (Å²) in [5, 5.41) is 4.31. The van der Waals surface area contributed by atoms with Gasteiger partial charge < -0.3 is 0 Å². The highest BCUT2D eigenvalue weighted by Crippen LogP contribution is 2.22. The predicted octanol–water partition coefficient (Wildman–Crippen LogP) is 3.11. The van der Waals surface area contributed by atoms with Gasteiger partial charge in [-0.2, -0.15) is 5.10 Å². The van der Waals surface area contributed by atoms with Crippen LogP contribution in [0.25, 0.3) is 11.3 Å². The SMILES string of the molecule is C#Cc1cccc(-c2ccnn2C(C)C)c1. The van der Waals surface area contributed by atoms with Crippen molar-refractivity contribution in [1.29, 1.82) is 0 Å². The molecule has 80 valence electrons. The van der Waals surface area contributed by atoms with Crippen LogP contribution in [0, 0.1) is 12.3 Å². The number of nitrogens with zero attached hydrogens (tertiary/aromatic N) is 2. The molecule has 0 unspecified atom stereocenters. The number of aromatic nitrogens is 2. The highest BCUT2D eigenvalue weighted by Gasteiger charge is 2.07. The minimum Gasteiger partial charge on any atom is -0.262 e. The number of rotatable bonds is 2. The van der Waals surface area contributed by atoms with E-state index in [1.165, 1.54) is 0 Å². The fourth-order valence-electron chi connectivity index (χ4n) is 1.72. The third kappa shape index (κ3) is 1.85. The first kappa shape index (κ1) is 10.5. The molecule has 2 nitrogen and oxygen atoms in total. The molecule has 0 aliphatic rings.